The van der Waals surface area contributed by atoms with Crippen LogP contribution in [0.4, 0.5) is 22.7 Å². The number of para-hydroxylation sites is 2. The molecule has 0 fully saturated rings. The van der Waals surface area contributed by atoms with E-state index in [1.54, 1.807) is 12.1 Å². The van der Waals surface area contributed by atoms with Gasteiger partial charge in [0.2, 0.25) is 0 Å². The van der Waals surface area contributed by atoms with Gasteiger partial charge in [0.25, 0.3) is 5.91 Å². The monoisotopic (exact) mass is 452 g/mol. The number of benzene rings is 2. The van der Waals surface area contributed by atoms with Crippen molar-refractivity contribution in [1.82, 2.24) is 9.88 Å². The summed E-state index contributed by atoms with van der Waals surface area (Å²) in [5.41, 5.74) is 10.1. The fourth-order valence-corrected chi connectivity index (χ4v) is 4.59. The van der Waals surface area contributed by atoms with Gasteiger partial charge in [0.15, 0.2) is 10.1 Å². The molecular formula is C22H24N6OS2. The van der Waals surface area contributed by atoms with Crippen LogP contribution in [0.5, 0.6) is 0 Å². The SMILES string of the molecule is CN(C)c1ccc(NC(=S)N2CCc3nc(C(=O)Nc4ccccc4N)sc3C2)cc1. The largest absolute Gasteiger partial charge is 0.397 e. The highest BCUT2D eigenvalue weighted by atomic mass is 32.1. The average molecular weight is 453 g/mol. The summed E-state index contributed by atoms with van der Waals surface area (Å²) < 4.78 is 0. The van der Waals surface area contributed by atoms with Gasteiger partial charge < -0.3 is 26.2 Å². The molecule has 2 aromatic carbocycles. The molecule has 1 amide bonds. The maximum atomic E-state index is 12.6. The lowest BCUT2D eigenvalue weighted by Gasteiger charge is -2.28. The van der Waals surface area contributed by atoms with Crippen LogP contribution >= 0.6 is 23.6 Å². The van der Waals surface area contributed by atoms with E-state index in [0.29, 0.717) is 28.0 Å². The van der Waals surface area contributed by atoms with Crippen molar-refractivity contribution < 1.29 is 4.79 Å². The van der Waals surface area contributed by atoms with E-state index >= 15 is 0 Å². The molecule has 0 unspecified atom stereocenters. The van der Waals surface area contributed by atoms with E-state index in [4.69, 9.17) is 18.0 Å². The van der Waals surface area contributed by atoms with Crippen molar-refractivity contribution in [2.45, 2.75) is 13.0 Å². The third-order valence-corrected chi connectivity index (χ3v) is 6.50. The molecule has 1 aliphatic heterocycles. The molecule has 4 rings (SSSR count). The number of carbonyl (C=O) groups is 1. The second-order valence-electron chi connectivity index (χ2n) is 7.47. The Bertz CT molecular complexity index is 1110. The second-order valence-corrected chi connectivity index (χ2v) is 8.94. The number of amides is 1. The van der Waals surface area contributed by atoms with Crippen LogP contribution in [-0.2, 0) is 13.0 Å². The standard InChI is InChI=1S/C22H24N6OS2/c1-27(2)15-9-7-14(8-10-15)24-22(30)28-12-11-18-19(13-28)31-21(26-18)20(29)25-17-6-4-3-5-16(17)23/h3-10H,11-13,23H2,1-2H3,(H,24,30)(H,25,29). The van der Waals surface area contributed by atoms with Crippen LogP contribution in [0.3, 0.4) is 0 Å². The van der Waals surface area contributed by atoms with Crippen LogP contribution in [0.15, 0.2) is 48.5 Å². The van der Waals surface area contributed by atoms with Gasteiger partial charge in [-0.25, -0.2) is 4.98 Å². The van der Waals surface area contributed by atoms with Gasteiger partial charge in [0, 0.05) is 43.3 Å². The Morgan fingerprint density at radius 3 is 2.61 bits per heavy atom. The number of hydrogen-bond acceptors (Lipinski definition) is 6. The minimum Gasteiger partial charge on any atom is -0.397 e. The predicted molar refractivity (Wildman–Crippen MR) is 132 cm³/mol. The number of thiazole rings is 1. The van der Waals surface area contributed by atoms with Crippen LogP contribution < -0.4 is 21.3 Å². The molecule has 7 nitrogen and oxygen atoms in total. The van der Waals surface area contributed by atoms with Gasteiger partial charge in [-0.05, 0) is 48.6 Å². The Kier molecular flexibility index (Phi) is 6.06. The van der Waals surface area contributed by atoms with Crippen LogP contribution in [-0.4, -0.2) is 41.5 Å². The molecule has 0 radical (unpaired) electrons. The highest BCUT2D eigenvalue weighted by molar-refractivity contribution is 7.80. The summed E-state index contributed by atoms with van der Waals surface area (Å²) >= 11 is 7.03. The molecule has 0 bridgehead atoms. The molecule has 1 aromatic heterocycles. The molecule has 0 aliphatic carbocycles. The fourth-order valence-electron chi connectivity index (χ4n) is 3.30. The first-order valence-electron chi connectivity index (χ1n) is 9.88. The second kappa shape index (κ2) is 8.91. The van der Waals surface area contributed by atoms with E-state index in [9.17, 15) is 4.79 Å². The van der Waals surface area contributed by atoms with E-state index in [0.717, 1.165) is 34.9 Å². The van der Waals surface area contributed by atoms with Crippen LogP contribution in [0, 0.1) is 0 Å². The molecular weight excluding hydrogens is 428 g/mol. The molecule has 3 aromatic rings. The Labute approximate surface area is 190 Å². The molecule has 0 saturated carbocycles. The number of nitrogens with zero attached hydrogens (tertiary/aromatic N) is 3. The quantitative estimate of drug-likeness (QED) is 0.410. The smallest absolute Gasteiger partial charge is 0.284 e. The maximum absolute atomic E-state index is 12.6. The van der Waals surface area contributed by atoms with E-state index in [2.05, 4.69) is 25.4 Å². The molecule has 9 heteroatoms. The summed E-state index contributed by atoms with van der Waals surface area (Å²) in [6.45, 7) is 1.39. The highest BCUT2D eigenvalue weighted by Gasteiger charge is 2.24. The van der Waals surface area contributed by atoms with Crippen molar-refractivity contribution >= 4 is 57.3 Å². The van der Waals surface area contributed by atoms with Crippen molar-refractivity contribution in [3.8, 4) is 0 Å². The number of aromatic nitrogens is 1. The molecule has 31 heavy (non-hydrogen) atoms. The van der Waals surface area contributed by atoms with E-state index < -0.39 is 0 Å². The minimum atomic E-state index is -0.245. The summed E-state index contributed by atoms with van der Waals surface area (Å²) in [6.07, 6.45) is 0.744. The summed E-state index contributed by atoms with van der Waals surface area (Å²) in [5, 5.41) is 7.26. The Hall–Kier alpha value is -3.17. The third-order valence-electron chi connectivity index (χ3n) is 5.06. The van der Waals surface area contributed by atoms with Crippen LogP contribution in [0.2, 0.25) is 0 Å². The van der Waals surface area contributed by atoms with Crippen LogP contribution in [0.1, 0.15) is 20.4 Å². The number of nitrogens with one attached hydrogen (secondary N) is 2. The van der Waals surface area contributed by atoms with E-state index in [1.807, 2.05) is 50.5 Å². The van der Waals surface area contributed by atoms with Gasteiger partial charge >= 0.3 is 0 Å². The average Bonchev–Trinajstić information content (AvgIpc) is 3.19. The lowest BCUT2D eigenvalue weighted by molar-refractivity contribution is 0.102. The summed E-state index contributed by atoms with van der Waals surface area (Å²) in [5.74, 6) is -0.245. The first-order chi connectivity index (χ1) is 14.9. The normalized spacial score (nSPS) is 12.8. The van der Waals surface area contributed by atoms with Crippen molar-refractivity contribution in [1.29, 1.82) is 0 Å². The number of carbonyl (C=O) groups excluding carboxylic acids is 1. The van der Waals surface area contributed by atoms with E-state index in [1.165, 1.54) is 11.3 Å². The van der Waals surface area contributed by atoms with Crippen molar-refractivity contribution in [2.24, 2.45) is 0 Å². The fraction of sp³-hybridized carbons (Fsp3) is 0.227. The summed E-state index contributed by atoms with van der Waals surface area (Å²) in [4.78, 5) is 22.4. The molecule has 2 heterocycles. The number of hydrogen-bond donors (Lipinski definition) is 3. The molecule has 0 spiro atoms. The number of rotatable bonds is 4. The lowest BCUT2D eigenvalue weighted by atomic mass is 10.2. The molecule has 0 saturated heterocycles. The minimum absolute atomic E-state index is 0.245. The zero-order chi connectivity index (χ0) is 22.0. The summed E-state index contributed by atoms with van der Waals surface area (Å²) in [7, 11) is 4.02. The number of fused-ring (bicyclic) bond motifs is 1. The molecule has 0 atom stereocenters. The van der Waals surface area contributed by atoms with Crippen LogP contribution in [0.25, 0.3) is 0 Å². The van der Waals surface area contributed by atoms with Gasteiger partial charge in [0.05, 0.1) is 23.6 Å². The number of nitrogen functional groups attached to an aromatic ring is 1. The highest BCUT2D eigenvalue weighted by Crippen LogP contribution is 2.27. The molecule has 1 aliphatic rings. The zero-order valence-corrected chi connectivity index (χ0v) is 19.0. The first-order valence-corrected chi connectivity index (χ1v) is 11.1. The summed E-state index contributed by atoms with van der Waals surface area (Å²) in [6, 6.07) is 15.3. The predicted octanol–water partition coefficient (Wildman–Crippen LogP) is 3.80. The molecule has 4 N–H and O–H groups in total. The van der Waals surface area contributed by atoms with Gasteiger partial charge in [-0.2, -0.15) is 0 Å². The first kappa shape index (κ1) is 21.1. The van der Waals surface area contributed by atoms with Crippen molar-refractivity contribution in [3.63, 3.8) is 0 Å². The van der Waals surface area contributed by atoms with Gasteiger partial charge in [0.1, 0.15) is 0 Å². The lowest BCUT2D eigenvalue weighted by Crippen LogP contribution is -2.38. The number of thiocarbonyl (C=S) groups is 1. The molecule has 160 valence electrons. The topological polar surface area (TPSA) is 86.5 Å². The van der Waals surface area contributed by atoms with E-state index in [-0.39, 0.29) is 5.91 Å². The van der Waals surface area contributed by atoms with Gasteiger partial charge in [-0.15, -0.1) is 11.3 Å². The van der Waals surface area contributed by atoms with Gasteiger partial charge in [-0.1, -0.05) is 12.1 Å². The Morgan fingerprint density at radius 1 is 1.16 bits per heavy atom. The number of anilines is 4. The Morgan fingerprint density at radius 2 is 1.90 bits per heavy atom. The Balaban J connectivity index is 1.40. The number of nitrogens with two attached hydrogens (primary N) is 1. The zero-order valence-electron chi connectivity index (χ0n) is 17.4. The third kappa shape index (κ3) is 4.78. The van der Waals surface area contributed by atoms with Crippen molar-refractivity contribution in [3.05, 3.63) is 64.1 Å². The van der Waals surface area contributed by atoms with Gasteiger partial charge in [-0.3, -0.25) is 4.79 Å². The van der Waals surface area contributed by atoms with Crippen molar-refractivity contribution in [2.75, 3.05) is 41.9 Å². The maximum Gasteiger partial charge on any atom is 0.284 e.